The molecule has 0 aromatic heterocycles. The van der Waals surface area contributed by atoms with Crippen LogP contribution in [-0.2, 0) is 4.79 Å². The van der Waals surface area contributed by atoms with E-state index in [1.807, 2.05) is 6.07 Å². The predicted octanol–water partition coefficient (Wildman–Crippen LogP) is 0.651. The van der Waals surface area contributed by atoms with Gasteiger partial charge in [0.1, 0.15) is 32.0 Å². The van der Waals surface area contributed by atoms with Gasteiger partial charge in [0.25, 0.3) is 0 Å². The first-order valence-electron chi connectivity index (χ1n) is 9.64. The van der Waals surface area contributed by atoms with Crippen molar-refractivity contribution in [2.75, 3.05) is 44.6 Å². The topological polar surface area (TPSA) is 38.0 Å². The Bertz CT molecular complexity index is 755. The van der Waals surface area contributed by atoms with Gasteiger partial charge in [0.15, 0.2) is 0 Å². The van der Waals surface area contributed by atoms with E-state index < -0.39 is 0 Å². The van der Waals surface area contributed by atoms with Crippen LogP contribution in [0.15, 0.2) is 60.7 Å². The van der Waals surface area contributed by atoms with E-state index in [1.165, 1.54) is 16.5 Å². The summed E-state index contributed by atoms with van der Waals surface area (Å²) in [6, 6.07) is 16.6. The molecule has 0 bridgehead atoms. The normalized spacial score (nSPS) is 19.9. The molecule has 1 heterocycles. The molecule has 2 aromatic carbocycles. The fourth-order valence-electron chi connectivity index (χ4n) is 3.40. The number of para-hydroxylation sites is 1. The third-order valence-electron chi connectivity index (χ3n) is 5.03. The molecule has 1 amide bonds. The Hall–Kier alpha value is -2.50. The summed E-state index contributed by atoms with van der Waals surface area (Å²) in [6.45, 7) is 6.21. The van der Waals surface area contributed by atoms with Crippen molar-refractivity contribution >= 4 is 17.7 Å². The molecule has 2 aromatic rings. The molecule has 5 heteroatoms. The molecule has 0 aliphatic carbocycles. The molecule has 142 valence electrons. The number of rotatable bonds is 7. The van der Waals surface area contributed by atoms with Crippen LogP contribution in [0.25, 0.3) is 6.08 Å². The molecule has 0 unspecified atom stereocenters. The quantitative estimate of drug-likeness (QED) is 0.659. The van der Waals surface area contributed by atoms with E-state index in [-0.39, 0.29) is 17.4 Å². The van der Waals surface area contributed by atoms with Crippen molar-refractivity contribution in [3.63, 3.8) is 0 Å². The second-order valence-corrected chi connectivity index (χ2v) is 7.05. The van der Waals surface area contributed by atoms with Crippen molar-refractivity contribution in [3.8, 4) is 0 Å². The first-order valence-corrected chi connectivity index (χ1v) is 9.64. The zero-order valence-electron chi connectivity index (χ0n) is 15.6. The lowest BCUT2D eigenvalue weighted by Gasteiger charge is -2.29. The lowest BCUT2D eigenvalue weighted by Crippen LogP contribution is -3.28. The van der Waals surface area contributed by atoms with Crippen molar-refractivity contribution in [3.05, 3.63) is 72.1 Å². The van der Waals surface area contributed by atoms with Gasteiger partial charge in [0.05, 0.1) is 25.2 Å². The molecule has 1 saturated heterocycles. The van der Waals surface area contributed by atoms with Crippen LogP contribution in [-0.4, -0.2) is 45.2 Å². The number of hydrogen-bond acceptors (Lipinski definition) is 1. The number of anilines is 1. The summed E-state index contributed by atoms with van der Waals surface area (Å²) in [7, 11) is 0. The maximum Gasteiger partial charge on any atom is 0.230 e. The zero-order chi connectivity index (χ0) is 18.9. The van der Waals surface area contributed by atoms with Gasteiger partial charge in [-0.25, -0.2) is 4.39 Å². The zero-order valence-corrected chi connectivity index (χ0v) is 15.6. The Balaban J connectivity index is 1.34. The van der Waals surface area contributed by atoms with Gasteiger partial charge in [-0.1, -0.05) is 48.5 Å². The van der Waals surface area contributed by atoms with Crippen molar-refractivity contribution in [2.24, 2.45) is 0 Å². The summed E-state index contributed by atoms with van der Waals surface area (Å²) in [6.07, 6.45) is 4.85. The SMILES string of the molecule is O=C(CC[NH+]1CC[NH+](C/C=C/c2ccccc2)CC1)Nc1ccccc1F. The molecule has 1 aliphatic heterocycles. The van der Waals surface area contributed by atoms with Gasteiger partial charge in [-0.05, 0) is 23.8 Å². The first-order chi connectivity index (χ1) is 13.2. The highest BCUT2D eigenvalue weighted by atomic mass is 19.1. The highest BCUT2D eigenvalue weighted by molar-refractivity contribution is 5.90. The summed E-state index contributed by atoms with van der Waals surface area (Å²) in [5.74, 6) is -0.507. The standard InChI is InChI=1S/C22H26FN3O/c23-20-10-4-5-11-21(20)24-22(27)12-14-26-17-15-25(16-18-26)13-6-9-19-7-2-1-3-8-19/h1-11H,12-18H2,(H,24,27)/p+2/b9-6+. The highest BCUT2D eigenvalue weighted by Crippen LogP contribution is 2.12. The maximum absolute atomic E-state index is 13.6. The minimum Gasteiger partial charge on any atom is -0.325 e. The second kappa shape index (κ2) is 10.00. The molecule has 27 heavy (non-hydrogen) atoms. The molecule has 0 saturated carbocycles. The Morgan fingerprint density at radius 3 is 2.37 bits per heavy atom. The Morgan fingerprint density at radius 1 is 0.963 bits per heavy atom. The molecule has 0 radical (unpaired) electrons. The van der Waals surface area contributed by atoms with E-state index in [9.17, 15) is 9.18 Å². The van der Waals surface area contributed by atoms with Crippen LogP contribution in [0.4, 0.5) is 10.1 Å². The van der Waals surface area contributed by atoms with E-state index in [2.05, 4.69) is 41.7 Å². The van der Waals surface area contributed by atoms with E-state index in [1.54, 1.807) is 23.1 Å². The van der Waals surface area contributed by atoms with Crippen LogP contribution < -0.4 is 15.1 Å². The lowest BCUT2D eigenvalue weighted by atomic mass is 10.2. The fourth-order valence-corrected chi connectivity index (χ4v) is 3.40. The molecule has 1 aliphatic rings. The van der Waals surface area contributed by atoms with Gasteiger partial charge < -0.3 is 15.1 Å². The Labute approximate surface area is 160 Å². The number of carbonyl (C=O) groups excluding carboxylic acids is 1. The van der Waals surface area contributed by atoms with Crippen LogP contribution in [0, 0.1) is 5.82 Å². The van der Waals surface area contributed by atoms with Crippen LogP contribution in [0.1, 0.15) is 12.0 Å². The molecule has 3 N–H and O–H groups in total. The molecule has 3 rings (SSSR count). The number of halogens is 1. The van der Waals surface area contributed by atoms with E-state index in [0.717, 1.165) is 39.3 Å². The van der Waals surface area contributed by atoms with Crippen LogP contribution >= 0.6 is 0 Å². The molecular weight excluding hydrogens is 341 g/mol. The number of amides is 1. The lowest BCUT2D eigenvalue weighted by molar-refractivity contribution is -1.01. The van der Waals surface area contributed by atoms with Gasteiger partial charge in [-0.15, -0.1) is 0 Å². The monoisotopic (exact) mass is 369 g/mol. The summed E-state index contributed by atoms with van der Waals surface area (Å²) in [4.78, 5) is 15.1. The van der Waals surface area contributed by atoms with E-state index in [4.69, 9.17) is 0 Å². The average molecular weight is 369 g/mol. The third-order valence-corrected chi connectivity index (χ3v) is 5.03. The van der Waals surface area contributed by atoms with E-state index >= 15 is 0 Å². The van der Waals surface area contributed by atoms with Gasteiger partial charge in [-0.2, -0.15) is 0 Å². The highest BCUT2D eigenvalue weighted by Gasteiger charge is 2.22. The average Bonchev–Trinajstić information content (AvgIpc) is 2.70. The maximum atomic E-state index is 13.6. The van der Waals surface area contributed by atoms with Gasteiger partial charge in [-0.3, -0.25) is 4.79 Å². The van der Waals surface area contributed by atoms with Gasteiger partial charge in [0, 0.05) is 0 Å². The number of carbonyl (C=O) groups is 1. The number of nitrogens with one attached hydrogen (secondary N) is 3. The minimum absolute atomic E-state index is 0.117. The van der Waals surface area contributed by atoms with Crippen LogP contribution in [0.3, 0.4) is 0 Å². The molecule has 0 atom stereocenters. The minimum atomic E-state index is -0.390. The van der Waals surface area contributed by atoms with Crippen molar-refractivity contribution in [1.29, 1.82) is 0 Å². The van der Waals surface area contributed by atoms with Crippen molar-refractivity contribution in [1.82, 2.24) is 0 Å². The Morgan fingerprint density at radius 2 is 1.63 bits per heavy atom. The van der Waals surface area contributed by atoms with Crippen molar-refractivity contribution < 1.29 is 19.0 Å². The summed E-state index contributed by atoms with van der Waals surface area (Å²) < 4.78 is 13.6. The molecule has 1 fully saturated rings. The Kier molecular flexibility index (Phi) is 7.13. The fraction of sp³-hybridized carbons (Fsp3) is 0.318. The number of piperazine rings is 1. The summed E-state index contributed by atoms with van der Waals surface area (Å²) >= 11 is 0. The number of quaternary nitrogens is 2. The number of hydrogen-bond donors (Lipinski definition) is 3. The van der Waals surface area contributed by atoms with E-state index in [0.29, 0.717) is 6.42 Å². The predicted molar refractivity (Wildman–Crippen MR) is 106 cm³/mol. The van der Waals surface area contributed by atoms with Gasteiger partial charge in [0.2, 0.25) is 5.91 Å². The van der Waals surface area contributed by atoms with Crippen molar-refractivity contribution in [2.45, 2.75) is 6.42 Å². The van der Waals surface area contributed by atoms with Crippen LogP contribution in [0.2, 0.25) is 0 Å². The summed E-state index contributed by atoms with van der Waals surface area (Å²) in [5.41, 5.74) is 1.50. The smallest absolute Gasteiger partial charge is 0.230 e. The third kappa shape index (κ3) is 6.31. The van der Waals surface area contributed by atoms with Gasteiger partial charge >= 0.3 is 0 Å². The second-order valence-electron chi connectivity index (χ2n) is 7.05. The molecule has 0 spiro atoms. The summed E-state index contributed by atoms with van der Waals surface area (Å²) in [5, 5.41) is 2.66. The number of benzene rings is 2. The molecular formula is C22H28FN3O+2. The largest absolute Gasteiger partial charge is 0.325 e. The molecule has 4 nitrogen and oxygen atoms in total. The first kappa shape index (κ1) is 19.3. The van der Waals surface area contributed by atoms with Crippen LogP contribution in [0.5, 0.6) is 0 Å².